The normalized spacial score (nSPS) is 16.1. The van der Waals surface area contributed by atoms with Crippen molar-refractivity contribution in [2.24, 2.45) is 0 Å². The van der Waals surface area contributed by atoms with E-state index in [1.165, 1.54) is 95.2 Å². The van der Waals surface area contributed by atoms with Crippen LogP contribution in [-0.4, -0.2) is 6.04 Å². The van der Waals surface area contributed by atoms with Gasteiger partial charge in [-0.3, -0.25) is 0 Å². The fourth-order valence-electron chi connectivity index (χ4n) is 7.71. The molecule has 0 amide bonds. The Bertz CT molecular complexity index is 2070. The summed E-state index contributed by atoms with van der Waals surface area (Å²) in [4.78, 5) is 4.99. The fraction of sp³-hybridized carbons (Fsp3) is 0.277. The summed E-state index contributed by atoms with van der Waals surface area (Å²) in [6, 6.07) is 34.9. The topological polar surface area (TPSA) is 6.48 Å². The van der Waals surface area contributed by atoms with E-state index in [0.717, 1.165) is 6.42 Å². The lowest BCUT2D eigenvalue weighted by Crippen LogP contribution is -2.32. The predicted molar refractivity (Wildman–Crippen MR) is 212 cm³/mol. The van der Waals surface area contributed by atoms with E-state index in [1.807, 2.05) is 0 Å². The maximum Gasteiger partial charge on any atom is 0.0563 e. The Labute approximate surface area is 294 Å². The number of hydrogen-bond donors (Lipinski definition) is 0. The third-order valence-electron chi connectivity index (χ3n) is 11.5. The van der Waals surface area contributed by atoms with E-state index in [1.54, 1.807) is 0 Å². The number of fused-ring (bicyclic) bond motifs is 3. The average Bonchev–Trinajstić information content (AvgIpc) is 3.29. The van der Waals surface area contributed by atoms with Gasteiger partial charge in [-0.05, 0) is 189 Å². The number of aryl methyl sites for hydroxylation is 8. The summed E-state index contributed by atoms with van der Waals surface area (Å²) in [6.45, 7) is 22.5. The number of nitrogens with zero attached hydrogens (tertiary/aromatic N) is 2. The molecule has 2 heteroatoms. The molecule has 0 aromatic heterocycles. The van der Waals surface area contributed by atoms with Crippen LogP contribution in [0.5, 0.6) is 0 Å². The molecule has 1 unspecified atom stereocenters. The maximum absolute atomic E-state index is 2.57. The molecule has 7 rings (SSSR count). The van der Waals surface area contributed by atoms with Crippen LogP contribution in [0.2, 0.25) is 0 Å². The van der Waals surface area contributed by atoms with Crippen LogP contribution < -0.4 is 9.80 Å². The van der Waals surface area contributed by atoms with Crippen LogP contribution in [0, 0.1) is 55.4 Å². The Morgan fingerprint density at radius 3 is 1.37 bits per heavy atom. The molecule has 0 radical (unpaired) electrons. The van der Waals surface area contributed by atoms with Crippen molar-refractivity contribution >= 4 is 34.0 Å². The zero-order valence-corrected chi connectivity index (χ0v) is 31.0. The molecule has 2 aliphatic carbocycles. The molecule has 248 valence electrons. The second kappa shape index (κ2) is 12.3. The van der Waals surface area contributed by atoms with Crippen molar-refractivity contribution in [1.82, 2.24) is 0 Å². The molecule has 0 saturated heterocycles. The summed E-state index contributed by atoms with van der Waals surface area (Å²) in [5.41, 5.74) is 22.0. The number of rotatable bonds is 6. The van der Waals surface area contributed by atoms with Gasteiger partial charge in [0.2, 0.25) is 0 Å². The highest BCUT2D eigenvalue weighted by molar-refractivity contribution is 5.93. The fourth-order valence-corrected chi connectivity index (χ4v) is 7.71. The van der Waals surface area contributed by atoms with E-state index < -0.39 is 0 Å². The highest BCUT2D eigenvalue weighted by Crippen LogP contribution is 2.54. The minimum absolute atomic E-state index is 0.147. The van der Waals surface area contributed by atoms with Crippen LogP contribution in [0.25, 0.3) is 5.57 Å². The molecule has 0 aliphatic heterocycles. The van der Waals surface area contributed by atoms with Gasteiger partial charge in [0.1, 0.15) is 0 Å². The smallest absolute Gasteiger partial charge is 0.0563 e. The molecule has 5 aromatic rings. The predicted octanol–water partition coefficient (Wildman–Crippen LogP) is 12.8. The summed E-state index contributed by atoms with van der Waals surface area (Å²) in [5.74, 6) is 0. The quantitative estimate of drug-likeness (QED) is 0.182. The molecular formula is C47H50N2. The number of hydrogen-bond acceptors (Lipinski definition) is 2. The van der Waals surface area contributed by atoms with E-state index in [-0.39, 0.29) is 11.5 Å². The maximum atomic E-state index is 2.57. The third kappa shape index (κ3) is 5.72. The number of anilines is 5. The van der Waals surface area contributed by atoms with Crippen molar-refractivity contribution in [1.29, 1.82) is 0 Å². The van der Waals surface area contributed by atoms with Gasteiger partial charge in [-0.25, -0.2) is 0 Å². The molecule has 0 fully saturated rings. The van der Waals surface area contributed by atoms with E-state index in [0.29, 0.717) is 0 Å². The van der Waals surface area contributed by atoms with Gasteiger partial charge in [-0.1, -0.05) is 56.3 Å². The standard InChI is InChI=1S/C47H50N2/c1-29-11-15-37(23-33(29)5)48(38-16-12-30(2)34(6)24-38)41-19-21-43-44-22-20-42(28-46(44)47(9,10)45(43)27-41)49(39-17-13-31(3)35(7)25-39)40-18-14-32(4)36(8)26-40/h11-19,21-28,42H,20H2,1-10H3. The SMILES string of the molecule is Cc1ccc(N(c2ccc(C)c(C)c2)c2ccc3c(c2)C(C)(C)C2=CC(N(c4ccc(C)c(C)c4)c4ccc(C)c(C)c4)CC=C23)cc1C. The second-order valence-electron chi connectivity index (χ2n) is 15.1. The summed E-state index contributed by atoms with van der Waals surface area (Å²) < 4.78 is 0. The molecule has 0 heterocycles. The Kier molecular flexibility index (Phi) is 8.18. The first-order valence-corrected chi connectivity index (χ1v) is 17.8. The minimum atomic E-state index is -0.147. The van der Waals surface area contributed by atoms with Crippen molar-refractivity contribution in [2.75, 3.05) is 9.80 Å². The highest BCUT2D eigenvalue weighted by atomic mass is 15.2. The lowest BCUT2D eigenvalue weighted by molar-refractivity contribution is 0.644. The Morgan fingerprint density at radius 2 is 0.898 bits per heavy atom. The Morgan fingerprint density at radius 1 is 0.490 bits per heavy atom. The van der Waals surface area contributed by atoms with Gasteiger partial charge in [-0.2, -0.15) is 0 Å². The first kappa shape index (κ1) is 32.7. The van der Waals surface area contributed by atoms with Gasteiger partial charge in [0, 0.05) is 33.9 Å². The highest BCUT2D eigenvalue weighted by Gasteiger charge is 2.41. The lowest BCUT2D eigenvalue weighted by Gasteiger charge is -2.36. The van der Waals surface area contributed by atoms with Gasteiger partial charge >= 0.3 is 0 Å². The molecule has 0 spiro atoms. The van der Waals surface area contributed by atoms with Crippen molar-refractivity contribution < 1.29 is 0 Å². The van der Waals surface area contributed by atoms with Gasteiger partial charge < -0.3 is 9.80 Å². The molecule has 1 atom stereocenters. The molecule has 0 bridgehead atoms. The van der Waals surface area contributed by atoms with Crippen molar-refractivity contribution in [2.45, 2.75) is 87.1 Å². The summed E-state index contributed by atoms with van der Waals surface area (Å²) >= 11 is 0. The molecule has 49 heavy (non-hydrogen) atoms. The van der Waals surface area contributed by atoms with Gasteiger partial charge in [0.15, 0.2) is 0 Å². The minimum Gasteiger partial charge on any atom is -0.334 e. The van der Waals surface area contributed by atoms with Crippen LogP contribution in [0.1, 0.15) is 75.9 Å². The Balaban J connectivity index is 1.33. The molecule has 0 N–H and O–H groups in total. The van der Waals surface area contributed by atoms with Gasteiger partial charge in [0.05, 0.1) is 6.04 Å². The summed E-state index contributed by atoms with van der Waals surface area (Å²) in [7, 11) is 0. The van der Waals surface area contributed by atoms with Crippen LogP contribution in [0.15, 0.2) is 109 Å². The van der Waals surface area contributed by atoms with E-state index >= 15 is 0 Å². The van der Waals surface area contributed by atoms with Crippen molar-refractivity contribution in [3.05, 3.63) is 164 Å². The summed E-state index contributed by atoms with van der Waals surface area (Å²) in [5, 5.41) is 0. The monoisotopic (exact) mass is 642 g/mol. The van der Waals surface area contributed by atoms with Crippen LogP contribution >= 0.6 is 0 Å². The summed E-state index contributed by atoms with van der Waals surface area (Å²) in [6.07, 6.45) is 6.03. The zero-order valence-electron chi connectivity index (χ0n) is 31.0. The van der Waals surface area contributed by atoms with Crippen LogP contribution in [0.4, 0.5) is 28.4 Å². The third-order valence-corrected chi connectivity index (χ3v) is 11.5. The van der Waals surface area contributed by atoms with Crippen LogP contribution in [-0.2, 0) is 5.41 Å². The molecular weight excluding hydrogens is 593 g/mol. The molecule has 5 aromatic carbocycles. The average molecular weight is 643 g/mol. The molecule has 2 aliphatic rings. The van der Waals surface area contributed by atoms with Gasteiger partial charge in [0.25, 0.3) is 0 Å². The largest absolute Gasteiger partial charge is 0.334 e. The lowest BCUT2D eigenvalue weighted by atomic mass is 9.79. The first-order chi connectivity index (χ1) is 23.3. The van der Waals surface area contributed by atoms with Crippen molar-refractivity contribution in [3.8, 4) is 0 Å². The van der Waals surface area contributed by atoms with E-state index in [4.69, 9.17) is 0 Å². The number of allylic oxidation sites excluding steroid dienone is 2. The molecule has 0 saturated carbocycles. The van der Waals surface area contributed by atoms with Crippen LogP contribution in [0.3, 0.4) is 0 Å². The zero-order chi connectivity index (χ0) is 34.8. The molecule has 2 nitrogen and oxygen atoms in total. The second-order valence-corrected chi connectivity index (χ2v) is 15.1. The first-order valence-electron chi connectivity index (χ1n) is 17.8. The van der Waals surface area contributed by atoms with Crippen molar-refractivity contribution in [3.63, 3.8) is 0 Å². The van der Waals surface area contributed by atoms with E-state index in [9.17, 15) is 0 Å². The number of benzene rings is 5. The van der Waals surface area contributed by atoms with E-state index in [2.05, 4.69) is 182 Å². The van der Waals surface area contributed by atoms with Gasteiger partial charge in [-0.15, -0.1) is 0 Å². The Hall–Kier alpha value is -4.82.